The van der Waals surface area contributed by atoms with Crippen LogP contribution in [-0.2, 0) is 58.9 Å². The molecule has 0 spiro atoms. The number of carboxylic acid groups (broad SMARTS) is 3. The summed E-state index contributed by atoms with van der Waals surface area (Å²) in [6.45, 7) is 21.2. The van der Waals surface area contributed by atoms with Gasteiger partial charge in [0.1, 0.15) is 30.2 Å². The second-order valence-electron chi connectivity index (χ2n) is 21.6. The van der Waals surface area contributed by atoms with Crippen LogP contribution in [0.2, 0.25) is 0 Å². The van der Waals surface area contributed by atoms with Crippen molar-refractivity contribution < 1.29 is 67.8 Å². The summed E-state index contributed by atoms with van der Waals surface area (Å²) < 4.78 is 13.3. The molecule has 1 saturated heterocycles. The Morgan fingerprint density at radius 3 is 1.92 bits per heavy atom. The summed E-state index contributed by atoms with van der Waals surface area (Å²) in [6.07, 6.45) is 1.29. The number of carbonyl (C=O) groups is 9. The zero-order chi connectivity index (χ0) is 53.2. The Hall–Kier alpha value is -5.83. The van der Waals surface area contributed by atoms with Crippen molar-refractivity contribution in [3.63, 3.8) is 0 Å². The molecule has 10 atom stereocenters. The number of aryl methyl sites for hydroxylation is 1. The number of hydrogen-bond donors (Lipinski definition) is 9. The number of carboxylic acids is 3. The molecule has 1 heterocycles. The predicted molar refractivity (Wildman–Crippen MR) is 261 cm³/mol. The van der Waals surface area contributed by atoms with Crippen LogP contribution in [0.1, 0.15) is 131 Å². The predicted octanol–water partition coefficient (Wildman–Crippen LogP) is 2.98. The Balaban J connectivity index is 1.58. The molecule has 21 heteroatoms. The van der Waals surface area contributed by atoms with E-state index in [-0.39, 0.29) is 30.3 Å². The Kier molecular flexibility index (Phi) is 20.0. The fourth-order valence-electron chi connectivity index (χ4n) is 10.0. The maximum Gasteiger partial charge on any atom is 0.481 e. The highest BCUT2D eigenvalue weighted by Crippen LogP contribution is 2.65. The van der Waals surface area contributed by atoms with E-state index in [0.717, 1.165) is 18.4 Å². The summed E-state index contributed by atoms with van der Waals surface area (Å²) in [5, 5.41) is 43.8. The normalized spacial score (nSPS) is 22.4. The average Bonchev–Trinajstić information content (AvgIpc) is 3.63. The Labute approximate surface area is 416 Å². The molecule has 20 nitrogen and oxygen atoms in total. The number of amides is 6. The molecule has 4 aliphatic rings. The van der Waals surface area contributed by atoms with Gasteiger partial charge in [0, 0.05) is 19.3 Å². The zero-order valence-corrected chi connectivity index (χ0v) is 42.6. The second-order valence-corrected chi connectivity index (χ2v) is 21.6. The smallest absolute Gasteiger partial charge is 0.481 e. The number of allylic oxidation sites excluding steroid dienone is 1. The molecule has 6 amide bonds. The third-order valence-corrected chi connectivity index (χ3v) is 14.3. The van der Waals surface area contributed by atoms with Gasteiger partial charge in [0.2, 0.25) is 35.4 Å². The van der Waals surface area contributed by atoms with Crippen molar-refractivity contribution >= 4 is 60.5 Å². The van der Waals surface area contributed by atoms with Crippen LogP contribution in [0.25, 0.3) is 0 Å². The lowest BCUT2D eigenvalue weighted by molar-refractivity contribution is -0.199. The Bertz CT molecular complexity index is 2160. The lowest BCUT2D eigenvalue weighted by Crippen LogP contribution is -2.65. The molecule has 1 aromatic carbocycles. The van der Waals surface area contributed by atoms with Crippen LogP contribution in [0.3, 0.4) is 0 Å². The Morgan fingerprint density at radius 2 is 1.34 bits per heavy atom. The lowest BCUT2D eigenvalue weighted by atomic mass is 9.43. The topological polar surface area (TPSA) is 305 Å². The van der Waals surface area contributed by atoms with Crippen LogP contribution in [0.15, 0.2) is 36.9 Å². The van der Waals surface area contributed by atoms with Gasteiger partial charge in [-0.15, -0.1) is 6.58 Å². The van der Waals surface area contributed by atoms with Gasteiger partial charge < -0.3 is 56.5 Å². The maximum atomic E-state index is 14.6. The molecular weight excluding hydrogens is 919 g/mol. The molecule has 0 unspecified atom stereocenters. The SMILES string of the molecule is C=CCC[C@H](NC(=O)[C@H](CC(C)C)NC(=O)[C@@H](NC(=O)[C@H](Cc1ccccc1C)NC(=O)[C@H](CCC(=O)O)NC(=O)[C@H](CC(=O)O)NC(=O)CCC(=O)O)C(C)(C)C)B1O[C@@H]2C[C@@H]3C[C@@H](C3(C)C)[C@]2(C)O1. The first-order valence-electron chi connectivity index (χ1n) is 24.5. The van der Waals surface area contributed by atoms with Gasteiger partial charge in [-0.2, -0.15) is 0 Å². The van der Waals surface area contributed by atoms with Crippen LogP contribution < -0.4 is 31.9 Å². The average molecular weight is 995 g/mol. The summed E-state index contributed by atoms with van der Waals surface area (Å²) in [7, 11) is -0.735. The zero-order valence-electron chi connectivity index (χ0n) is 42.6. The van der Waals surface area contributed by atoms with Crippen LogP contribution in [0.4, 0.5) is 0 Å². The van der Waals surface area contributed by atoms with Crippen LogP contribution in [0.5, 0.6) is 0 Å². The van der Waals surface area contributed by atoms with E-state index in [2.05, 4.69) is 59.3 Å². The molecule has 71 heavy (non-hydrogen) atoms. The van der Waals surface area contributed by atoms with E-state index in [1.807, 2.05) is 13.8 Å². The monoisotopic (exact) mass is 995 g/mol. The van der Waals surface area contributed by atoms with Crippen LogP contribution in [-0.4, -0.2) is 124 Å². The molecule has 4 fully saturated rings. The van der Waals surface area contributed by atoms with Crippen molar-refractivity contribution in [1.29, 1.82) is 0 Å². The third kappa shape index (κ3) is 15.6. The van der Waals surface area contributed by atoms with Crippen molar-refractivity contribution in [2.24, 2.45) is 28.6 Å². The first kappa shape index (κ1) is 57.8. The van der Waals surface area contributed by atoms with Gasteiger partial charge in [0.05, 0.1) is 30.5 Å². The first-order valence-corrected chi connectivity index (χ1v) is 24.5. The molecule has 1 aromatic rings. The highest BCUT2D eigenvalue weighted by Gasteiger charge is 2.68. The quantitative estimate of drug-likeness (QED) is 0.0453. The maximum absolute atomic E-state index is 14.6. The van der Waals surface area contributed by atoms with E-state index in [4.69, 9.17) is 14.4 Å². The summed E-state index contributed by atoms with van der Waals surface area (Å²) in [5.74, 6) is -9.20. The van der Waals surface area contributed by atoms with Gasteiger partial charge in [-0.3, -0.25) is 43.2 Å². The summed E-state index contributed by atoms with van der Waals surface area (Å²) in [4.78, 5) is 118. The standard InChI is InChI=1S/C50H75BN6O14/c1-11-12-17-37(51-70-36-25-30-24-35(49(30,8)9)50(36,10)71-51)56-45(67)32(22-27(2)3)55-47(69)42(48(5,6)7)57-46(68)33(23-29-16-14-13-15-28(29)4)54-43(65)31(18-20-39(59)60)53-44(66)34(26-41(63)64)52-38(58)19-21-40(61)62/h11,13-16,27,30-37,42H,1,12,17-26H2,2-10H3,(H,52,58)(H,53,66)(H,54,65)(H,55,69)(H,56,67)(H,57,68)(H,59,60)(H,61,62)(H,63,64)/t30-,31-,32-,33-,34-,35-,36+,37-,42+,50-/m0/s1. The number of carbonyl (C=O) groups excluding carboxylic acids is 6. The summed E-state index contributed by atoms with van der Waals surface area (Å²) >= 11 is 0. The third-order valence-electron chi connectivity index (χ3n) is 14.3. The molecule has 5 rings (SSSR count). The van der Waals surface area contributed by atoms with Crippen molar-refractivity contribution in [3.05, 3.63) is 48.0 Å². The minimum Gasteiger partial charge on any atom is -0.481 e. The van der Waals surface area contributed by atoms with Crippen molar-refractivity contribution in [1.82, 2.24) is 31.9 Å². The number of nitrogens with one attached hydrogen (secondary N) is 6. The fraction of sp³-hybridized carbons (Fsp3) is 0.660. The van der Waals surface area contributed by atoms with Gasteiger partial charge in [0.15, 0.2) is 0 Å². The van der Waals surface area contributed by atoms with Gasteiger partial charge >= 0.3 is 25.0 Å². The van der Waals surface area contributed by atoms with E-state index in [1.54, 1.807) is 58.0 Å². The van der Waals surface area contributed by atoms with Crippen LogP contribution in [0, 0.1) is 35.5 Å². The molecule has 3 saturated carbocycles. The number of benzene rings is 1. The van der Waals surface area contributed by atoms with Gasteiger partial charge in [-0.25, -0.2) is 0 Å². The minimum atomic E-state index is -1.79. The number of rotatable bonds is 27. The first-order chi connectivity index (χ1) is 33.1. The van der Waals surface area contributed by atoms with Gasteiger partial charge in [-0.1, -0.05) is 78.8 Å². The van der Waals surface area contributed by atoms with Crippen molar-refractivity contribution in [2.75, 3.05) is 0 Å². The second kappa shape index (κ2) is 24.5. The van der Waals surface area contributed by atoms with Crippen molar-refractivity contribution in [2.45, 2.75) is 181 Å². The van der Waals surface area contributed by atoms with E-state index in [1.165, 1.54) is 0 Å². The van der Waals surface area contributed by atoms with Crippen molar-refractivity contribution in [3.8, 4) is 0 Å². The molecule has 2 bridgehead atoms. The van der Waals surface area contributed by atoms with E-state index in [0.29, 0.717) is 30.2 Å². The summed E-state index contributed by atoms with van der Waals surface area (Å²) in [5.41, 5.74) is -0.0489. The van der Waals surface area contributed by atoms with Crippen LogP contribution >= 0.6 is 0 Å². The Morgan fingerprint density at radius 1 is 0.746 bits per heavy atom. The molecule has 392 valence electrons. The lowest BCUT2D eigenvalue weighted by Gasteiger charge is -2.64. The molecule has 9 N–H and O–H groups in total. The number of hydrogen-bond acceptors (Lipinski definition) is 11. The molecule has 3 aliphatic carbocycles. The summed E-state index contributed by atoms with van der Waals surface area (Å²) in [6, 6.07) is -0.295. The van der Waals surface area contributed by atoms with E-state index >= 15 is 0 Å². The molecule has 0 aromatic heterocycles. The van der Waals surface area contributed by atoms with Gasteiger partial charge in [-0.05, 0) is 92.1 Å². The highest BCUT2D eigenvalue weighted by atomic mass is 16.7. The molecular formula is C50H75BN6O14. The molecule has 0 radical (unpaired) electrons. The minimum absolute atomic E-state index is 0.0639. The van der Waals surface area contributed by atoms with Gasteiger partial charge in [0.25, 0.3) is 0 Å². The van der Waals surface area contributed by atoms with E-state index < -0.39 is 140 Å². The largest absolute Gasteiger partial charge is 0.481 e. The number of aliphatic carboxylic acids is 3. The highest BCUT2D eigenvalue weighted by molar-refractivity contribution is 6.48. The fourth-order valence-corrected chi connectivity index (χ4v) is 10.0. The van der Waals surface area contributed by atoms with E-state index in [9.17, 15) is 53.4 Å². The molecule has 1 aliphatic heterocycles.